The van der Waals surface area contributed by atoms with Crippen LogP contribution in [0, 0.1) is 5.92 Å². The molecule has 0 aliphatic carbocycles. The van der Waals surface area contributed by atoms with E-state index in [0.29, 0.717) is 18.9 Å². The van der Waals surface area contributed by atoms with E-state index in [1.54, 1.807) is 7.05 Å². The summed E-state index contributed by atoms with van der Waals surface area (Å²) < 4.78 is 0. The molecule has 0 aromatic heterocycles. The second-order valence-corrected chi connectivity index (χ2v) is 6.41. The third kappa shape index (κ3) is 8.56. The first-order valence-corrected chi connectivity index (χ1v) is 8.88. The summed E-state index contributed by atoms with van der Waals surface area (Å²) in [4.78, 5) is 16.1. The van der Waals surface area contributed by atoms with Crippen molar-refractivity contribution >= 4 is 17.6 Å². The number of nitrogens with one attached hydrogen (secondary N) is 3. The molecule has 0 atom stereocenters. The van der Waals surface area contributed by atoms with Crippen LogP contribution in [0.3, 0.4) is 0 Å². The molecule has 0 spiro atoms. The molecule has 1 rings (SSSR count). The lowest BCUT2D eigenvalue weighted by molar-refractivity contribution is -0.116. The maximum absolute atomic E-state index is 11.9. The highest BCUT2D eigenvalue weighted by Gasteiger charge is 2.06. The van der Waals surface area contributed by atoms with E-state index in [0.717, 1.165) is 30.2 Å². The third-order valence-corrected chi connectivity index (χ3v) is 3.56. The fourth-order valence-corrected chi connectivity index (χ4v) is 2.33. The number of unbranched alkanes of at least 4 members (excludes halogenated alkanes) is 2. The molecule has 1 aromatic rings. The van der Waals surface area contributed by atoms with Gasteiger partial charge in [-0.05, 0) is 30.0 Å². The molecule has 0 radical (unpaired) electrons. The second kappa shape index (κ2) is 11.5. The van der Waals surface area contributed by atoms with Gasteiger partial charge in [0, 0.05) is 32.2 Å². The van der Waals surface area contributed by atoms with Crippen LogP contribution in [0.1, 0.15) is 52.0 Å². The van der Waals surface area contributed by atoms with E-state index in [4.69, 9.17) is 0 Å². The number of aliphatic imine (C=N–C) groups is 1. The summed E-state index contributed by atoms with van der Waals surface area (Å²) in [7, 11) is 1.78. The zero-order chi connectivity index (χ0) is 17.8. The lowest BCUT2D eigenvalue weighted by atomic mass is 10.1. The Labute approximate surface area is 146 Å². The fourth-order valence-electron chi connectivity index (χ4n) is 2.33. The van der Waals surface area contributed by atoms with Crippen LogP contribution in [0.2, 0.25) is 0 Å². The standard InChI is InChI=1S/C19H32N4O/c1-5-6-7-11-21-19(20-4)22-14-16-9-8-10-17(13-16)23-18(24)12-15(2)3/h8-10,13,15H,5-7,11-12,14H2,1-4H3,(H,23,24)(H2,20,21,22). The summed E-state index contributed by atoms with van der Waals surface area (Å²) >= 11 is 0. The van der Waals surface area contributed by atoms with Crippen LogP contribution in [0.4, 0.5) is 5.69 Å². The van der Waals surface area contributed by atoms with Gasteiger partial charge in [-0.15, -0.1) is 0 Å². The number of benzene rings is 1. The molecule has 1 aromatic carbocycles. The van der Waals surface area contributed by atoms with Gasteiger partial charge < -0.3 is 16.0 Å². The van der Waals surface area contributed by atoms with Crippen molar-refractivity contribution in [2.75, 3.05) is 18.9 Å². The number of nitrogens with zero attached hydrogens (tertiary/aromatic N) is 1. The molecule has 0 aliphatic rings. The SMILES string of the molecule is CCCCCNC(=NC)NCc1cccc(NC(=O)CC(C)C)c1. The quantitative estimate of drug-likeness (QED) is 0.368. The zero-order valence-electron chi connectivity index (χ0n) is 15.5. The highest BCUT2D eigenvalue weighted by Crippen LogP contribution is 2.12. The maximum atomic E-state index is 11.9. The average molecular weight is 332 g/mol. The van der Waals surface area contributed by atoms with Crippen molar-refractivity contribution in [3.63, 3.8) is 0 Å². The summed E-state index contributed by atoms with van der Waals surface area (Å²) in [5, 5.41) is 9.56. The Balaban J connectivity index is 2.47. The molecule has 24 heavy (non-hydrogen) atoms. The van der Waals surface area contributed by atoms with Crippen molar-refractivity contribution in [3.05, 3.63) is 29.8 Å². The second-order valence-electron chi connectivity index (χ2n) is 6.41. The van der Waals surface area contributed by atoms with Crippen molar-refractivity contribution in [2.24, 2.45) is 10.9 Å². The minimum absolute atomic E-state index is 0.0588. The summed E-state index contributed by atoms with van der Waals surface area (Å²) in [6.45, 7) is 7.87. The number of hydrogen-bond donors (Lipinski definition) is 3. The molecule has 0 saturated carbocycles. The molecule has 0 heterocycles. The van der Waals surface area contributed by atoms with Gasteiger partial charge in [0.25, 0.3) is 0 Å². The van der Waals surface area contributed by atoms with E-state index in [1.165, 1.54) is 12.8 Å². The van der Waals surface area contributed by atoms with E-state index in [2.05, 4.69) is 27.9 Å². The van der Waals surface area contributed by atoms with Gasteiger partial charge in [0.15, 0.2) is 5.96 Å². The average Bonchev–Trinajstić information content (AvgIpc) is 2.53. The largest absolute Gasteiger partial charge is 0.356 e. The van der Waals surface area contributed by atoms with Gasteiger partial charge in [0.1, 0.15) is 0 Å². The first kappa shape index (κ1) is 20.0. The van der Waals surface area contributed by atoms with Crippen LogP contribution in [0.5, 0.6) is 0 Å². The van der Waals surface area contributed by atoms with Crippen LogP contribution in [0.15, 0.2) is 29.3 Å². The van der Waals surface area contributed by atoms with Crippen molar-refractivity contribution < 1.29 is 4.79 Å². The van der Waals surface area contributed by atoms with E-state index >= 15 is 0 Å². The zero-order valence-corrected chi connectivity index (χ0v) is 15.5. The Hall–Kier alpha value is -2.04. The summed E-state index contributed by atoms with van der Waals surface area (Å²) in [6, 6.07) is 7.91. The Morgan fingerprint density at radius 2 is 2.00 bits per heavy atom. The molecule has 3 N–H and O–H groups in total. The number of carbonyl (C=O) groups is 1. The predicted octanol–water partition coefficient (Wildman–Crippen LogP) is 3.53. The number of hydrogen-bond acceptors (Lipinski definition) is 2. The number of carbonyl (C=O) groups excluding carboxylic acids is 1. The monoisotopic (exact) mass is 332 g/mol. The summed E-state index contributed by atoms with van der Waals surface area (Å²) in [6.07, 6.45) is 4.12. The van der Waals surface area contributed by atoms with Crippen LogP contribution in [-0.2, 0) is 11.3 Å². The number of amides is 1. The number of rotatable bonds is 9. The number of guanidine groups is 1. The van der Waals surface area contributed by atoms with Gasteiger partial charge in [-0.1, -0.05) is 45.7 Å². The normalized spacial score (nSPS) is 11.5. The highest BCUT2D eigenvalue weighted by atomic mass is 16.1. The lowest BCUT2D eigenvalue weighted by Gasteiger charge is -2.13. The highest BCUT2D eigenvalue weighted by molar-refractivity contribution is 5.90. The van der Waals surface area contributed by atoms with Gasteiger partial charge in [-0.3, -0.25) is 9.79 Å². The molecule has 0 aliphatic heterocycles. The Bertz CT molecular complexity index is 526. The Kier molecular flexibility index (Phi) is 9.58. The van der Waals surface area contributed by atoms with E-state index in [9.17, 15) is 4.79 Å². The lowest BCUT2D eigenvalue weighted by Crippen LogP contribution is -2.37. The van der Waals surface area contributed by atoms with Crippen LogP contribution in [0.25, 0.3) is 0 Å². The van der Waals surface area contributed by atoms with Crippen molar-refractivity contribution in [1.82, 2.24) is 10.6 Å². The van der Waals surface area contributed by atoms with Crippen LogP contribution < -0.4 is 16.0 Å². The fraction of sp³-hybridized carbons (Fsp3) is 0.579. The van der Waals surface area contributed by atoms with Crippen molar-refractivity contribution in [1.29, 1.82) is 0 Å². The van der Waals surface area contributed by atoms with Crippen molar-refractivity contribution in [3.8, 4) is 0 Å². The smallest absolute Gasteiger partial charge is 0.224 e. The molecule has 0 fully saturated rings. The van der Waals surface area contributed by atoms with Gasteiger partial charge in [0.2, 0.25) is 5.91 Å². The molecular formula is C19H32N4O. The third-order valence-electron chi connectivity index (χ3n) is 3.56. The summed E-state index contributed by atoms with van der Waals surface area (Å²) in [5.41, 5.74) is 1.94. The first-order valence-electron chi connectivity index (χ1n) is 8.88. The molecule has 0 bridgehead atoms. The van der Waals surface area contributed by atoms with Crippen LogP contribution in [-0.4, -0.2) is 25.5 Å². The maximum Gasteiger partial charge on any atom is 0.224 e. The molecule has 1 amide bonds. The molecule has 134 valence electrons. The minimum atomic E-state index is 0.0588. The molecule has 5 heteroatoms. The minimum Gasteiger partial charge on any atom is -0.356 e. The van der Waals surface area contributed by atoms with Crippen LogP contribution >= 0.6 is 0 Å². The Morgan fingerprint density at radius 1 is 1.21 bits per heavy atom. The van der Waals surface area contributed by atoms with Crippen molar-refractivity contribution in [2.45, 2.75) is 53.0 Å². The topological polar surface area (TPSA) is 65.5 Å². The summed E-state index contributed by atoms with van der Waals surface area (Å²) in [5.74, 6) is 1.22. The first-order chi connectivity index (χ1) is 11.5. The predicted molar refractivity (Wildman–Crippen MR) is 102 cm³/mol. The van der Waals surface area contributed by atoms with E-state index in [-0.39, 0.29) is 5.91 Å². The number of anilines is 1. The van der Waals surface area contributed by atoms with E-state index in [1.807, 2.05) is 38.1 Å². The van der Waals surface area contributed by atoms with Gasteiger partial charge in [-0.25, -0.2) is 0 Å². The van der Waals surface area contributed by atoms with Gasteiger partial charge in [-0.2, -0.15) is 0 Å². The molecule has 0 unspecified atom stereocenters. The molecular weight excluding hydrogens is 300 g/mol. The van der Waals surface area contributed by atoms with Gasteiger partial charge >= 0.3 is 0 Å². The Morgan fingerprint density at radius 3 is 2.67 bits per heavy atom. The van der Waals surface area contributed by atoms with Gasteiger partial charge in [0.05, 0.1) is 0 Å². The molecule has 5 nitrogen and oxygen atoms in total. The van der Waals surface area contributed by atoms with E-state index < -0.39 is 0 Å². The molecule has 0 saturated heterocycles.